The van der Waals surface area contributed by atoms with Gasteiger partial charge in [-0.2, -0.15) is 0 Å². The highest BCUT2D eigenvalue weighted by Gasteiger charge is 2.33. The Morgan fingerprint density at radius 2 is 1.90 bits per heavy atom. The van der Waals surface area contributed by atoms with Gasteiger partial charge in [-0.15, -0.1) is 0 Å². The molecule has 0 aromatic heterocycles. The molecule has 1 fully saturated rings. The second kappa shape index (κ2) is 6.42. The van der Waals surface area contributed by atoms with E-state index in [9.17, 15) is 5.11 Å². The topological polar surface area (TPSA) is 44.7 Å². The number of piperazine rings is 1. The Kier molecular flexibility index (Phi) is 5.02. The van der Waals surface area contributed by atoms with E-state index in [0.717, 1.165) is 31.7 Å². The molecule has 1 saturated heterocycles. The van der Waals surface area contributed by atoms with Crippen molar-refractivity contribution in [3.63, 3.8) is 0 Å². The van der Waals surface area contributed by atoms with E-state index in [0.29, 0.717) is 10.8 Å². The number of nitrogens with one attached hydrogen (secondary N) is 1. The van der Waals surface area contributed by atoms with Crippen LogP contribution in [-0.4, -0.2) is 43.3 Å². The Balaban J connectivity index is 2.43. The lowest BCUT2D eigenvalue weighted by Gasteiger charge is -2.42. The van der Waals surface area contributed by atoms with Gasteiger partial charge in [-0.05, 0) is 23.1 Å². The third-order valence-electron chi connectivity index (χ3n) is 3.92. The van der Waals surface area contributed by atoms with Crippen LogP contribution < -0.4 is 10.1 Å². The van der Waals surface area contributed by atoms with Gasteiger partial charge in [-0.1, -0.05) is 32.4 Å². The summed E-state index contributed by atoms with van der Waals surface area (Å²) in [7, 11) is 1.55. The lowest BCUT2D eigenvalue weighted by Crippen LogP contribution is -2.48. The number of ether oxygens (including phenoxy) is 1. The molecular formula is C16H25ClN2O2. The highest BCUT2D eigenvalue weighted by atomic mass is 35.5. The second-order valence-corrected chi connectivity index (χ2v) is 7.02. The number of nitrogens with zero attached hydrogens (tertiary/aromatic N) is 1. The predicted molar refractivity (Wildman–Crippen MR) is 86.3 cm³/mol. The van der Waals surface area contributed by atoms with E-state index in [-0.39, 0.29) is 17.2 Å². The molecule has 0 saturated carbocycles. The molecule has 0 aliphatic carbocycles. The van der Waals surface area contributed by atoms with Crippen molar-refractivity contribution < 1.29 is 9.84 Å². The van der Waals surface area contributed by atoms with E-state index in [1.165, 1.54) is 0 Å². The molecule has 5 heteroatoms. The van der Waals surface area contributed by atoms with Crippen LogP contribution in [0.15, 0.2) is 12.1 Å². The second-order valence-electron chi connectivity index (χ2n) is 6.61. The van der Waals surface area contributed by atoms with Crippen molar-refractivity contribution >= 4 is 11.6 Å². The Morgan fingerprint density at radius 1 is 1.29 bits per heavy atom. The number of aromatic hydroxyl groups is 1. The number of benzene rings is 1. The number of phenolic OH excluding ortho intramolecular Hbond substituents is 1. The van der Waals surface area contributed by atoms with Gasteiger partial charge >= 0.3 is 0 Å². The van der Waals surface area contributed by atoms with Gasteiger partial charge in [0.15, 0.2) is 11.5 Å². The lowest BCUT2D eigenvalue weighted by molar-refractivity contribution is 0.0860. The Labute approximate surface area is 132 Å². The standard InChI is InChI=1S/C16H25ClN2O2/c1-16(2,3)15(19-7-5-18-6-8-19)11-9-12(17)14(20)13(10-11)21-4/h9-10,15,18,20H,5-8H2,1-4H3/t15-/m1/s1. The summed E-state index contributed by atoms with van der Waals surface area (Å²) in [6.07, 6.45) is 0. The molecule has 4 nitrogen and oxygen atoms in total. The molecule has 2 rings (SSSR count). The van der Waals surface area contributed by atoms with Crippen LogP contribution in [0.5, 0.6) is 11.5 Å². The number of phenols is 1. The predicted octanol–water partition coefficient (Wildman–Crippen LogP) is 3.05. The van der Waals surface area contributed by atoms with Gasteiger partial charge < -0.3 is 15.2 Å². The van der Waals surface area contributed by atoms with Crippen molar-refractivity contribution in [2.75, 3.05) is 33.3 Å². The van der Waals surface area contributed by atoms with Gasteiger partial charge in [-0.3, -0.25) is 4.90 Å². The SMILES string of the molecule is COc1cc([C@@H](N2CCNCC2)C(C)(C)C)cc(Cl)c1O. The molecule has 1 aliphatic rings. The van der Waals surface area contributed by atoms with Crippen molar-refractivity contribution in [2.24, 2.45) is 5.41 Å². The van der Waals surface area contributed by atoms with Gasteiger partial charge in [0, 0.05) is 32.2 Å². The van der Waals surface area contributed by atoms with E-state index >= 15 is 0 Å². The quantitative estimate of drug-likeness (QED) is 0.900. The molecule has 0 bridgehead atoms. The molecule has 0 spiro atoms. The number of methoxy groups -OCH3 is 1. The molecule has 1 aromatic carbocycles. The molecule has 2 N–H and O–H groups in total. The molecule has 1 aromatic rings. The summed E-state index contributed by atoms with van der Waals surface area (Å²) < 4.78 is 5.25. The Hall–Kier alpha value is -0.970. The summed E-state index contributed by atoms with van der Waals surface area (Å²) in [5.41, 5.74) is 1.15. The summed E-state index contributed by atoms with van der Waals surface area (Å²) in [6, 6.07) is 3.99. The number of rotatable bonds is 3. The third kappa shape index (κ3) is 3.62. The van der Waals surface area contributed by atoms with Crippen molar-refractivity contribution in [3.8, 4) is 11.5 Å². The zero-order valence-corrected chi connectivity index (χ0v) is 14.0. The van der Waals surface area contributed by atoms with E-state index in [1.807, 2.05) is 12.1 Å². The first kappa shape index (κ1) is 16.4. The molecular weight excluding hydrogens is 288 g/mol. The van der Waals surface area contributed by atoms with Gasteiger partial charge in [0.1, 0.15) is 0 Å². The van der Waals surface area contributed by atoms with Crippen LogP contribution in [-0.2, 0) is 0 Å². The average Bonchev–Trinajstić information content (AvgIpc) is 2.42. The lowest BCUT2D eigenvalue weighted by atomic mass is 9.81. The van der Waals surface area contributed by atoms with Crippen molar-refractivity contribution in [2.45, 2.75) is 26.8 Å². The minimum absolute atomic E-state index is 0.0101. The van der Waals surface area contributed by atoms with Crippen LogP contribution in [0.25, 0.3) is 0 Å². The first-order valence-corrected chi connectivity index (χ1v) is 7.73. The summed E-state index contributed by atoms with van der Waals surface area (Å²) in [5, 5.41) is 13.7. The summed E-state index contributed by atoms with van der Waals surface area (Å²) >= 11 is 6.17. The fraction of sp³-hybridized carbons (Fsp3) is 0.625. The first-order valence-electron chi connectivity index (χ1n) is 7.35. The molecule has 1 aliphatic heterocycles. The fourth-order valence-corrected chi connectivity index (χ4v) is 3.33. The molecule has 1 atom stereocenters. The fourth-order valence-electron chi connectivity index (χ4n) is 3.11. The number of hydrogen-bond donors (Lipinski definition) is 2. The van der Waals surface area contributed by atoms with Crippen LogP contribution in [0.1, 0.15) is 32.4 Å². The molecule has 0 radical (unpaired) electrons. The Morgan fingerprint density at radius 3 is 2.43 bits per heavy atom. The molecule has 0 amide bonds. The van der Waals surface area contributed by atoms with E-state index in [4.69, 9.17) is 16.3 Å². The summed E-state index contributed by atoms with van der Waals surface area (Å²) in [4.78, 5) is 2.47. The maximum absolute atomic E-state index is 9.94. The van der Waals surface area contributed by atoms with Crippen LogP contribution in [0.3, 0.4) is 0 Å². The number of hydrogen-bond acceptors (Lipinski definition) is 4. The largest absolute Gasteiger partial charge is 0.503 e. The normalized spacial score (nSPS) is 18.5. The van der Waals surface area contributed by atoms with Gasteiger partial charge in [0.05, 0.1) is 12.1 Å². The monoisotopic (exact) mass is 312 g/mol. The zero-order valence-electron chi connectivity index (χ0n) is 13.2. The third-order valence-corrected chi connectivity index (χ3v) is 4.21. The van der Waals surface area contributed by atoms with Gasteiger partial charge in [0.2, 0.25) is 0 Å². The maximum atomic E-state index is 9.94. The smallest absolute Gasteiger partial charge is 0.176 e. The first-order chi connectivity index (χ1) is 9.84. The van der Waals surface area contributed by atoms with Crippen LogP contribution >= 0.6 is 11.6 Å². The Bertz CT molecular complexity index is 494. The van der Waals surface area contributed by atoms with Crippen LogP contribution in [0.2, 0.25) is 5.02 Å². The zero-order chi connectivity index (χ0) is 15.6. The molecule has 21 heavy (non-hydrogen) atoms. The highest BCUT2D eigenvalue weighted by Crippen LogP contribution is 2.43. The van der Waals surface area contributed by atoms with Gasteiger partial charge in [-0.25, -0.2) is 0 Å². The highest BCUT2D eigenvalue weighted by molar-refractivity contribution is 6.32. The molecule has 0 unspecified atom stereocenters. The van der Waals surface area contributed by atoms with Crippen LogP contribution in [0.4, 0.5) is 0 Å². The number of halogens is 1. The van der Waals surface area contributed by atoms with E-state index < -0.39 is 0 Å². The van der Waals surface area contributed by atoms with E-state index in [1.54, 1.807) is 7.11 Å². The molecule has 1 heterocycles. The average molecular weight is 313 g/mol. The van der Waals surface area contributed by atoms with Crippen molar-refractivity contribution in [1.82, 2.24) is 10.2 Å². The maximum Gasteiger partial charge on any atom is 0.176 e. The molecule has 118 valence electrons. The summed E-state index contributed by atoms with van der Waals surface area (Å²) in [6.45, 7) is 10.7. The van der Waals surface area contributed by atoms with Crippen molar-refractivity contribution in [1.29, 1.82) is 0 Å². The van der Waals surface area contributed by atoms with Gasteiger partial charge in [0.25, 0.3) is 0 Å². The minimum atomic E-state index is 0.0101. The van der Waals surface area contributed by atoms with Crippen LogP contribution in [0, 0.1) is 5.41 Å². The van der Waals surface area contributed by atoms with Crippen molar-refractivity contribution in [3.05, 3.63) is 22.7 Å². The minimum Gasteiger partial charge on any atom is -0.503 e. The summed E-state index contributed by atoms with van der Waals surface area (Å²) in [5.74, 6) is 0.442. The van der Waals surface area contributed by atoms with E-state index in [2.05, 4.69) is 31.0 Å².